The number of nitrogens with zero attached hydrogens (tertiary/aromatic N) is 1. The van der Waals surface area contributed by atoms with Crippen LogP contribution < -0.4 is 0 Å². The second-order valence-corrected chi connectivity index (χ2v) is 7.94. The van der Waals surface area contributed by atoms with Gasteiger partial charge in [0.25, 0.3) is 0 Å². The van der Waals surface area contributed by atoms with E-state index >= 15 is 0 Å². The zero-order chi connectivity index (χ0) is 18.9. The highest BCUT2D eigenvalue weighted by Gasteiger charge is 2.50. The van der Waals surface area contributed by atoms with Crippen LogP contribution in [0.4, 0.5) is 0 Å². The Balaban J connectivity index is 2.11. The number of hydrogen-bond acceptors (Lipinski definition) is 3. The summed E-state index contributed by atoms with van der Waals surface area (Å²) in [6.45, 7) is 6.24. The fourth-order valence-electron chi connectivity index (χ4n) is 4.42. The van der Waals surface area contributed by atoms with Crippen LogP contribution in [0.15, 0.2) is 41.4 Å². The van der Waals surface area contributed by atoms with Crippen LogP contribution in [-0.2, 0) is 4.79 Å². The molecule has 1 aliphatic rings. The fourth-order valence-corrected chi connectivity index (χ4v) is 4.42. The summed E-state index contributed by atoms with van der Waals surface area (Å²) < 4.78 is 0. The monoisotopic (exact) mass is 353 g/mol. The summed E-state index contributed by atoms with van der Waals surface area (Å²) in [5.74, 6) is -0.197. The smallest absolute Gasteiger partial charge is 0.331 e. The second-order valence-electron chi connectivity index (χ2n) is 7.94. The van der Waals surface area contributed by atoms with E-state index in [9.17, 15) is 15.0 Å². The first kappa shape index (κ1) is 18.4. The fraction of sp³-hybridized carbons (Fsp3) is 0.455. The molecule has 2 aromatic carbocycles. The van der Waals surface area contributed by atoms with Gasteiger partial charge in [0.1, 0.15) is 5.75 Å². The summed E-state index contributed by atoms with van der Waals surface area (Å²) in [5, 5.41) is 22.3. The first-order valence-electron chi connectivity index (χ1n) is 9.34. The summed E-state index contributed by atoms with van der Waals surface area (Å²) in [4.78, 5) is 17.0. The van der Waals surface area contributed by atoms with Gasteiger partial charge < -0.3 is 10.2 Å². The largest absolute Gasteiger partial charge is 0.507 e. The van der Waals surface area contributed by atoms with Gasteiger partial charge in [0, 0.05) is 11.8 Å². The molecule has 0 aromatic heterocycles. The molecule has 0 amide bonds. The third kappa shape index (κ3) is 3.20. The molecule has 4 heteroatoms. The van der Waals surface area contributed by atoms with Crippen molar-refractivity contribution in [1.82, 2.24) is 0 Å². The Labute approximate surface area is 154 Å². The third-order valence-electron chi connectivity index (χ3n) is 5.79. The molecule has 3 rings (SSSR count). The number of rotatable bonds is 4. The highest BCUT2D eigenvalue weighted by atomic mass is 16.4. The van der Waals surface area contributed by atoms with Crippen LogP contribution in [0.5, 0.6) is 5.75 Å². The quantitative estimate of drug-likeness (QED) is 0.770. The maximum atomic E-state index is 12.3. The summed E-state index contributed by atoms with van der Waals surface area (Å²) in [5.41, 5.74) is -0.542. The highest BCUT2D eigenvalue weighted by molar-refractivity contribution is 6.03. The maximum Gasteiger partial charge on any atom is 0.331 e. The molecule has 0 heterocycles. The molecule has 1 fully saturated rings. The number of carbonyl (C=O) groups is 1. The van der Waals surface area contributed by atoms with Crippen molar-refractivity contribution in [3.8, 4) is 5.75 Å². The van der Waals surface area contributed by atoms with E-state index in [1.54, 1.807) is 12.3 Å². The Kier molecular flexibility index (Phi) is 5.03. The lowest BCUT2D eigenvalue weighted by molar-refractivity contribution is -0.148. The number of phenolic OH excluding ortho intramolecular Hbond substituents is 1. The van der Waals surface area contributed by atoms with Crippen LogP contribution in [0, 0.1) is 17.8 Å². The number of carboxylic acids is 1. The van der Waals surface area contributed by atoms with Crippen molar-refractivity contribution in [2.45, 2.75) is 45.6 Å². The highest BCUT2D eigenvalue weighted by Crippen LogP contribution is 2.44. The minimum atomic E-state index is -1.13. The van der Waals surface area contributed by atoms with Gasteiger partial charge in [-0.05, 0) is 47.4 Å². The average Bonchev–Trinajstić information content (AvgIpc) is 2.60. The molecule has 26 heavy (non-hydrogen) atoms. The first-order chi connectivity index (χ1) is 12.3. The van der Waals surface area contributed by atoms with E-state index < -0.39 is 11.5 Å². The molecule has 138 valence electrons. The van der Waals surface area contributed by atoms with Gasteiger partial charge in [0.15, 0.2) is 5.54 Å². The van der Waals surface area contributed by atoms with E-state index in [0.717, 1.165) is 23.6 Å². The molecule has 4 nitrogen and oxygen atoms in total. The van der Waals surface area contributed by atoms with Crippen molar-refractivity contribution in [3.63, 3.8) is 0 Å². The zero-order valence-corrected chi connectivity index (χ0v) is 15.6. The van der Waals surface area contributed by atoms with Gasteiger partial charge in [-0.3, -0.25) is 4.99 Å². The van der Waals surface area contributed by atoms with Crippen LogP contribution in [0.25, 0.3) is 10.8 Å². The molecule has 0 aliphatic heterocycles. The lowest BCUT2D eigenvalue weighted by Crippen LogP contribution is -2.50. The standard InChI is InChI=1S/C22H27NO3/c1-14(2)19-10-8-15(3)12-22(19,21(25)26)23-13-18-17-7-5-4-6-16(17)9-11-20(18)24/h4-7,9,11,13-15,19,24H,8,10,12H2,1-3H3,(H,25,26)/t15-,19+,22+/m1/s1. The van der Waals surface area contributed by atoms with E-state index in [1.165, 1.54) is 0 Å². The molecule has 1 aliphatic carbocycles. The van der Waals surface area contributed by atoms with Crippen LogP contribution in [-0.4, -0.2) is 27.9 Å². The van der Waals surface area contributed by atoms with Crippen molar-refractivity contribution in [2.75, 3.05) is 0 Å². The molecule has 0 spiro atoms. The zero-order valence-electron chi connectivity index (χ0n) is 15.6. The van der Waals surface area contributed by atoms with E-state index in [-0.39, 0.29) is 17.6 Å². The van der Waals surface area contributed by atoms with E-state index in [4.69, 9.17) is 0 Å². The molecule has 1 saturated carbocycles. The molecule has 0 radical (unpaired) electrons. The number of aliphatic carboxylic acids is 1. The van der Waals surface area contributed by atoms with Crippen molar-refractivity contribution in [1.29, 1.82) is 0 Å². The predicted octanol–water partition coefficient (Wildman–Crippen LogP) is 4.88. The van der Waals surface area contributed by atoms with Crippen LogP contribution in [0.1, 0.15) is 45.6 Å². The number of carboxylic acid groups (broad SMARTS) is 1. The molecule has 2 N–H and O–H groups in total. The van der Waals surface area contributed by atoms with Crippen LogP contribution in [0.3, 0.4) is 0 Å². The SMILES string of the molecule is CC(C)[C@@H]1CC[C@@H](C)C[C@@]1(N=Cc1c(O)ccc2ccccc12)C(=O)O. The van der Waals surface area contributed by atoms with E-state index in [1.807, 2.05) is 30.3 Å². The van der Waals surface area contributed by atoms with Gasteiger partial charge in [-0.25, -0.2) is 4.79 Å². The molecule has 0 saturated heterocycles. The lowest BCUT2D eigenvalue weighted by Gasteiger charge is -2.42. The van der Waals surface area contributed by atoms with Gasteiger partial charge in [0.2, 0.25) is 0 Å². The Hall–Kier alpha value is -2.36. The Morgan fingerprint density at radius 1 is 1.23 bits per heavy atom. The normalized spacial score (nSPS) is 26.6. The van der Waals surface area contributed by atoms with Crippen molar-refractivity contribution < 1.29 is 15.0 Å². The maximum absolute atomic E-state index is 12.3. The number of benzene rings is 2. The Morgan fingerprint density at radius 3 is 2.65 bits per heavy atom. The number of phenols is 1. The van der Waals surface area contributed by atoms with Gasteiger partial charge in [0.05, 0.1) is 0 Å². The predicted molar refractivity (Wildman–Crippen MR) is 105 cm³/mol. The van der Waals surface area contributed by atoms with Gasteiger partial charge in [-0.1, -0.05) is 57.5 Å². The average molecular weight is 353 g/mol. The number of fused-ring (bicyclic) bond motifs is 1. The number of hydrogen-bond donors (Lipinski definition) is 2. The van der Waals surface area contributed by atoms with Crippen molar-refractivity contribution in [3.05, 3.63) is 42.0 Å². The van der Waals surface area contributed by atoms with Gasteiger partial charge in [-0.2, -0.15) is 0 Å². The van der Waals surface area contributed by atoms with Gasteiger partial charge in [-0.15, -0.1) is 0 Å². The Bertz CT molecular complexity index is 842. The summed E-state index contributed by atoms with van der Waals surface area (Å²) >= 11 is 0. The van der Waals surface area contributed by atoms with Crippen LogP contribution in [0.2, 0.25) is 0 Å². The first-order valence-corrected chi connectivity index (χ1v) is 9.34. The van der Waals surface area contributed by atoms with E-state index in [0.29, 0.717) is 17.9 Å². The molecule has 0 unspecified atom stereocenters. The van der Waals surface area contributed by atoms with Crippen LogP contribution >= 0.6 is 0 Å². The topological polar surface area (TPSA) is 69.9 Å². The molecular weight excluding hydrogens is 326 g/mol. The van der Waals surface area contributed by atoms with Gasteiger partial charge >= 0.3 is 5.97 Å². The summed E-state index contributed by atoms with van der Waals surface area (Å²) in [6.07, 6.45) is 4.02. The molecule has 0 bridgehead atoms. The Morgan fingerprint density at radius 2 is 1.96 bits per heavy atom. The molecular formula is C22H27NO3. The molecule has 2 aromatic rings. The minimum Gasteiger partial charge on any atom is -0.507 e. The van der Waals surface area contributed by atoms with Crippen molar-refractivity contribution in [2.24, 2.45) is 22.7 Å². The number of aromatic hydroxyl groups is 1. The molecule has 3 atom stereocenters. The second kappa shape index (κ2) is 7.10. The summed E-state index contributed by atoms with van der Waals surface area (Å²) in [6, 6.07) is 11.2. The van der Waals surface area contributed by atoms with Crippen molar-refractivity contribution >= 4 is 23.0 Å². The number of aliphatic imine (C=N–C) groups is 1. The summed E-state index contributed by atoms with van der Waals surface area (Å²) in [7, 11) is 0. The lowest BCUT2D eigenvalue weighted by atomic mass is 9.65. The minimum absolute atomic E-state index is 0.00966. The third-order valence-corrected chi connectivity index (χ3v) is 5.79. The van der Waals surface area contributed by atoms with E-state index in [2.05, 4.69) is 25.8 Å².